The minimum absolute atomic E-state index is 0.115. The Morgan fingerprint density at radius 1 is 1.42 bits per heavy atom. The predicted molar refractivity (Wildman–Crippen MR) is 50.7 cm³/mol. The molecule has 0 radical (unpaired) electrons. The van der Waals surface area contributed by atoms with Crippen molar-refractivity contribution < 1.29 is 4.79 Å². The first kappa shape index (κ1) is 8.78. The summed E-state index contributed by atoms with van der Waals surface area (Å²) in [6.07, 6.45) is 0. The molecule has 2 heteroatoms. The second kappa shape index (κ2) is 3.39. The number of Topliss-reactive ketones (excluding diaryl/α,β-unsaturated/α-hetero) is 1. The Bertz CT molecular complexity index is 305. The highest BCUT2D eigenvalue weighted by Gasteiger charge is 2.03. The number of anilines is 1. The second-order valence-corrected chi connectivity index (χ2v) is 2.84. The lowest BCUT2D eigenvalue weighted by molar-refractivity contribution is 0.101. The van der Waals surface area contributed by atoms with Crippen LogP contribution < -0.4 is 5.32 Å². The molecule has 1 aromatic rings. The van der Waals surface area contributed by atoms with Gasteiger partial charge in [0.05, 0.1) is 0 Å². The van der Waals surface area contributed by atoms with E-state index in [0.717, 1.165) is 16.8 Å². The van der Waals surface area contributed by atoms with Crippen molar-refractivity contribution in [3.8, 4) is 0 Å². The quantitative estimate of drug-likeness (QED) is 0.677. The van der Waals surface area contributed by atoms with Crippen LogP contribution in [-0.4, -0.2) is 12.8 Å². The van der Waals surface area contributed by atoms with E-state index in [1.54, 1.807) is 6.92 Å². The zero-order chi connectivity index (χ0) is 9.14. The molecule has 0 amide bonds. The highest BCUT2D eigenvalue weighted by Crippen LogP contribution is 2.14. The summed E-state index contributed by atoms with van der Waals surface area (Å²) < 4.78 is 0. The molecule has 0 aromatic heterocycles. The number of hydrogen-bond donors (Lipinski definition) is 1. The fourth-order valence-electron chi connectivity index (χ4n) is 1.16. The standard InChI is InChI=1S/C10H13NO/c1-7-4-5-9(11-3)6-10(7)8(2)12/h4-6,11H,1-3H3. The van der Waals surface area contributed by atoms with Crippen LogP contribution in [-0.2, 0) is 0 Å². The summed E-state index contributed by atoms with van der Waals surface area (Å²) in [5.74, 6) is 0.115. The van der Waals surface area contributed by atoms with Gasteiger partial charge in [0, 0.05) is 18.3 Å². The minimum atomic E-state index is 0.115. The maximum absolute atomic E-state index is 11.1. The van der Waals surface area contributed by atoms with Gasteiger partial charge in [-0.05, 0) is 31.5 Å². The first-order valence-corrected chi connectivity index (χ1v) is 3.94. The number of aryl methyl sites for hydroxylation is 1. The topological polar surface area (TPSA) is 29.1 Å². The van der Waals surface area contributed by atoms with Crippen molar-refractivity contribution in [2.24, 2.45) is 0 Å². The number of benzene rings is 1. The van der Waals surface area contributed by atoms with E-state index in [1.165, 1.54) is 0 Å². The maximum Gasteiger partial charge on any atom is 0.160 e. The van der Waals surface area contributed by atoms with Crippen molar-refractivity contribution in [1.29, 1.82) is 0 Å². The highest BCUT2D eigenvalue weighted by atomic mass is 16.1. The van der Waals surface area contributed by atoms with Crippen LogP contribution in [0.3, 0.4) is 0 Å². The Kier molecular flexibility index (Phi) is 2.48. The zero-order valence-electron chi connectivity index (χ0n) is 7.64. The molecule has 0 spiro atoms. The van der Waals surface area contributed by atoms with Gasteiger partial charge in [-0.1, -0.05) is 6.07 Å². The molecule has 0 saturated carbocycles. The maximum atomic E-state index is 11.1. The SMILES string of the molecule is CNc1ccc(C)c(C(C)=O)c1. The highest BCUT2D eigenvalue weighted by molar-refractivity contribution is 5.96. The molecule has 0 saturated heterocycles. The van der Waals surface area contributed by atoms with E-state index in [2.05, 4.69) is 5.32 Å². The molecule has 0 aliphatic carbocycles. The lowest BCUT2D eigenvalue weighted by atomic mass is 10.1. The fourth-order valence-corrected chi connectivity index (χ4v) is 1.16. The third-order valence-corrected chi connectivity index (χ3v) is 1.91. The van der Waals surface area contributed by atoms with Crippen molar-refractivity contribution >= 4 is 11.5 Å². The summed E-state index contributed by atoms with van der Waals surface area (Å²) in [7, 11) is 1.84. The van der Waals surface area contributed by atoms with Crippen molar-refractivity contribution in [3.05, 3.63) is 29.3 Å². The molecule has 1 aromatic carbocycles. The summed E-state index contributed by atoms with van der Waals surface area (Å²) in [4.78, 5) is 11.1. The van der Waals surface area contributed by atoms with E-state index in [4.69, 9.17) is 0 Å². The lowest BCUT2D eigenvalue weighted by Crippen LogP contribution is -1.98. The van der Waals surface area contributed by atoms with E-state index < -0.39 is 0 Å². The average Bonchev–Trinajstić information content (AvgIpc) is 2.05. The molecular weight excluding hydrogens is 150 g/mol. The Morgan fingerprint density at radius 3 is 2.58 bits per heavy atom. The average molecular weight is 163 g/mol. The van der Waals surface area contributed by atoms with Gasteiger partial charge in [0.15, 0.2) is 5.78 Å². The summed E-state index contributed by atoms with van der Waals surface area (Å²) in [6, 6.07) is 5.78. The minimum Gasteiger partial charge on any atom is -0.388 e. The van der Waals surface area contributed by atoms with Gasteiger partial charge in [-0.25, -0.2) is 0 Å². The van der Waals surface area contributed by atoms with Crippen molar-refractivity contribution in [1.82, 2.24) is 0 Å². The van der Waals surface area contributed by atoms with Crippen LogP contribution in [0.25, 0.3) is 0 Å². The smallest absolute Gasteiger partial charge is 0.160 e. The van der Waals surface area contributed by atoms with Gasteiger partial charge >= 0.3 is 0 Å². The molecule has 64 valence electrons. The molecule has 0 fully saturated rings. The number of nitrogens with one attached hydrogen (secondary N) is 1. The Hall–Kier alpha value is -1.31. The van der Waals surface area contributed by atoms with Gasteiger partial charge < -0.3 is 5.32 Å². The molecule has 1 rings (SSSR count). The first-order chi connectivity index (χ1) is 5.65. The largest absolute Gasteiger partial charge is 0.388 e. The predicted octanol–water partition coefficient (Wildman–Crippen LogP) is 2.24. The van der Waals surface area contributed by atoms with Crippen LogP contribution in [0.1, 0.15) is 22.8 Å². The van der Waals surface area contributed by atoms with Gasteiger partial charge in [-0.3, -0.25) is 4.79 Å². The van der Waals surface area contributed by atoms with E-state index in [0.29, 0.717) is 0 Å². The van der Waals surface area contributed by atoms with E-state index >= 15 is 0 Å². The van der Waals surface area contributed by atoms with Crippen LogP contribution in [0.15, 0.2) is 18.2 Å². The van der Waals surface area contributed by atoms with Crippen molar-refractivity contribution in [2.45, 2.75) is 13.8 Å². The molecule has 0 aliphatic heterocycles. The molecule has 0 heterocycles. The monoisotopic (exact) mass is 163 g/mol. The van der Waals surface area contributed by atoms with Gasteiger partial charge in [0.25, 0.3) is 0 Å². The fraction of sp³-hybridized carbons (Fsp3) is 0.300. The summed E-state index contributed by atoms with van der Waals surface area (Å²) in [5.41, 5.74) is 2.80. The van der Waals surface area contributed by atoms with E-state index in [-0.39, 0.29) is 5.78 Å². The molecule has 2 nitrogen and oxygen atoms in total. The van der Waals surface area contributed by atoms with Crippen LogP contribution >= 0.6 is 0 Å². The van der Waals surface area contributed by atoms with Crippen LogP contribution in [0.4, 0.5) is 5.69 Å². The Balaban J connectivity index is 3.17. The van der Waals surface area contributed by atoms with Gasteiger partial charge in [0.1, 0.15) is 0 Å². The lowest BCUT2D eigenvalue weighted by Gasteiger charge is -2.04. The van der Waals surface area contributed by atoms with Crippen molar-refractivity contribution in [2.75, 3.05) is 12.4 Å². The van der Waals surface area contributed by atoms with Crippen molar-refractivity contribution in [3.63, 3.8) is 0 Å². The normalized spacial score (nSPS) is 9.58. The number of carbonyl (C=O) groups is 1. The third-order valence-electron chi connectivity index (χ3n) is 1.91. The molecule has 0 aliphatic rings. The molecule has 0 bridgehead atoms. The summed E-state index contributed by atoms with van der Waals surface area (Å²) >= 11 is 0. The Morgan fingerprint density at radius 2 is 2.08 bits per heavy atom. The first-order valence-electron chi connectivity index (χ1n) is 3.94. The van der Waals surface area contributed by atoms with Crippen LogP contribution in [0.5, 0.6) is 0 Å². The number of carbonyl (C=O) groups excluding carboxylic acids is 1. The number of rotatable bonds is 2. The molecule has 12 heavy (non-hydrogen) atoms. The molecule has 0 atom stereocenters. The van der Waals surface area contributed by atoms with E-state index in [9.17, 15) is 4.79 Å². The second-order valence-electron chi connectivity index (χ2n) is 2.84. The van der Waals surface area contributed by atoms with E-state index in [1.807, 2.05) is 32.2 Å². The number of ketones is 1. The summed E-state index contributed by atoms with van der Waals surface area (Å²) in [5, 5.41) is 3.00. The zero-order valence-corrected chi connectivity index (χ0v) is 7.64. The Labute approximate surface area is 72.6 Å². The molecule has 1 N–H and O–H groups in total. The summed E-state index contributed by atoms with van der Waals surface area (Å²) in [6.45, 7) is 3.53. The molecule has 0 unspecified atom stereocenters. The van der Waals surface area contributed by atoms with Crippen LogP contribution in [0, 0.1) is 6.92 Å². The van der Waals surface area contributed by atoms with Gasteiger partial charge in [-0.15, -0.1) is 0 Å². The number of hydrogen-bond acceptors (Lipinski definition) is 2. The third kappa shape index (κ3) is 1.64. The van der Waals surface area contributed by atoms with Crippen LogP contribution in [0.2, 0.25) is 0 Å². The molecular formula is C10H13NO. The van der Waals surface area contributed by atoms with Gasteiger partial charge in [0.2, 0.25) is 0 Å². The van der Waals surface area contributed by atoms with Gasteiger partial charge in [-0.2, -0.15) is 0 Å².